The summed E-state index contributed by atoms with van der Waals surface area (Å²) < 4.78 is 7.74. The molecule has 1 aromatic heterocycles. The van der Waals surface area contributed by atoms with E-state index in [2.05, 4.69) is 45.0 Å². The molecular weight excluding hydrogens is 477 g/mol. The number of hydrogen-bond donors (Lipinski definition) is 2. The molecule has 6 nitrogen and oxygen atoms in total. The van der Waals surface area contributed by atoms with Gasteiger partial charge in [0.05, 0.1) is 13.1 Å². The van der Waals surface area contributed by atoms with E-state index in [0.29, 0.717) is 19.7 Å². The van der Waals surface area contributed by atoms with E-state index in [4.69, 9.17) is 4.74 Å². The van der Waals surface area contributed by atoms with Crippen LogP contribution in [0, 0.1) is 6.92 Å². The zero-order chi connectivity index (χ0) is 19.6. The van der Waals surface area contributed by atoms with Gasteiger partial charge in [-0.2, -0.15) is 5.10 Å². The minimum absolute atomic E-state index is 0. The Morgan fingerprint density at radius 1 is 1.03 bits per heavy atom. The molecule has 0 aliphatic heterocycles. The zero-order valence-corrected chi connectivity index (χ0v) is 19.2. The van der Waals surface area contributed by atoms with Gasteiger partial charge in [0.2, 0.25) is 0 Å². The Labute approximate surface area is 189 Å². The first kappa shape index (κ1) is 22.7. The van der Waals surface area contributed by atoms with Crippen molar-refractivity contribution in [3.8, 4) is 5.75 Å². The number of aryl methyl sites for hydroxylation is 1. The number of halogens is 1. The predicted molar refractivity (Wildman–Crippen MR) is 128 cm³/mol. The van der Waals surface area contributed by atoms with E-state index in [-0.39, 0.29) is 24.0 Å². The van der Waals surface area contributed by atoms with Crippen LogP contribution in [0.4, 0.5) is 0 Å². The van der Waals surface area contributed by atoms with Gasteiger partial charge in [0.25, 0.3) is 0 Å². The van der Waals surface area contributed by atoms with E-state index >= 15 is 0 Å². The third kappa shape index (κ3) is 7.08. The molecule has 0 saturated heterocycles. The van der Waals surface area contributed by atoms with Gasteiger partial charge in [0.15, 0.2) is 5.96 Å². The van der Waals surface area contributed by atoms with Gasteiger partial charge in [0, 0.05) is 26.0 Å². The SMILES string of the molecule is CN=C(NCCOc1ccccc1C)NCc1ccccc1Cn1cccn1.I. The van der Waals surface area contributed by atoms with Crippen LogP contribution in [0.5, 0.6) is 5.75 Å². The smallest absolute Gasteiger partial charge is 0.191 e. The monoisotopic (exact) mass is 505 g/mol. The lowest BCUT2D eigenvalue weighted by Gasteiger charge is -2.15. The number of nitrogens with zero attached hydrogens (tertiary/aromatic N) is 3. The first-order chi connectivity index (χ1) is 13.8. The minimum Gasteiger partial charge on any atom is -0.491 e. The summed E-state index contributed by atoms with van der Waals surface area (Å²) >= 11 is 0. The van der Waals surface area contributed by atoms with E-state index in [1.54, 1.807) is 13.2 Å². The normalized spacial score (nSPS) is 10.9. The Morgan fingerprint density at radius 2 is 1.79 bits per heavy atom. The molecule has 0 aliphatic rings. The molecule has 0 atom stereocenters. The van der Waals surface area contributed by atoms with E-state index in [1.807, 2.05) is 48.1 Å². The number of benzene rings is 2. The molecule has 0 fully saturated rings. The molecule has 2 N–H and O–H groups in total. The van der Waals surface area contributed by atoms with Crippen LogP contribution in [0.1, 0.15) is 16.7 Å². The Morgan fingerprint density at radius 3 is 2.52 bits per heavy atom. The van der Waals surface area contributed by atoms with Crippen molar-refractivity contribution < 1.29 is 4.74 Å². The highest BCUT2D eigenvalue weighted by Gasteiger charge is 2.05. The molecule has 7 heteroatoms. The number of aliphatic imine (C=N–C) groups is 1. The maximum atomic E-state index is 5.82. The fourth-order valence-corrected chi connectivity index (χ4v) is 2.90. The Balaban J connectivity index is 0.00000300. The Bertz CT molecular complexity index is 896. The fraction of sp³-hybridized carbons (Fsp3) is 0.273. The second-order valence-electron chi connectivity index (χ2n) is 6.44. The first-order valence-corrected chi connectivity index (χ1v) is 9.43. The molecule has 154 valence electrons. The molecule has 1 heterocycles. The lowest BCUT2D eigenvalue weighted by atomic mass is 10.1. The van der Waals surface area contributed by atoms with E-state index in [0.717, 1.165) is 23.8 Å². The molecule has 0 radical (unpaired) electrons. The van der Waals surface area contributed by atoms with Crippen LogP contribution < -0.4 is 15.4 Å². The van der Waals surface area contributed by atoms with E-state index < -0.39 is 0 Å². The van der Waals surface area contributed by atoms with Crippen LogP contribution in [0.2, 0.25) is 0 Å². The average molecular weight is 505 g/mol. The number of ether oxygens (including phenoxy) is 1. The van der Waals surface area contributed by atoms with Crippen LogP contribution in [0.3, 0.4) is 0 Å². The third-order valence-corrected chi connectivity index (χ3v) is 4.43. The number of guanidine groups is 1. The lowest BCUT2D eigenvalue weighted by Crippen LogP contribution is -2.39. The van der Waals surface area contributed by atoms with E-state index in [1.165, 1.54) is 11.1 Å². The molecule has 0 saturated carbocycles. The minimum atomic E-state index is 0. The standard InChI is InChI=1S/C22H27N5O.HI/c1-18-8-3-6-11-21(18)28-15-13-24-22(23-2)25-16-19-9-4-5-10-20(19)17-27-14-7-12-26-27;/h3-12,14H,13,15-17H2,1-2H3,(H2,23,24,25);1H. The summed E-state index contributed by atoms with van der Waals surface area (Å²) in [4.78, 5) is 4.29. The average Bonchev–Trinajstić information content (AvgIpc) is 3.23. The molecule has 0 spiro atoms. The maximum absolute atomic E-state index is 5.82. The summed E-state index contributed by atoms with van der Waals surface area (Å²) in [5.74, 6) is 1.67. The van der Waals surface area contributed by atoms with Gasteiger partial charge in [-0.3, -0.25) is 9.67 Å². The molecule has 0 amide bonds. The highest BCUT2D eigenvalue weighted by Crippen LogP contribution is 2.15. The van der Waals surface area contributed by atoms with Crippen molar-refractivity contribution in [3.63, 3.8) is 0 Å². The van der Waals surface area contributed by atoms with Gasteiger partial charge in [-0.15, -0.1) is 24.0 Å². The maximum Gasteiger partial charge on any atom is 0.191 e. The molecule has 3 rings (SSSR count). The Kier molecular flexibility index (Phi) is 9.49. The summed E-state index contributed by atoms with van der Waals surface area (Å²) in [5, 5.41) is 11.0. The van der Waals surface area contributed by atoms with Gasteiger partial charge in [-0.05, 0) is 35.7 Å². The van der Waals surface area contributed by atoms with Crippen molar-refractivity contribution in [2.24, 2.45) is 4.99 Å². The van der Waals surface area contributed by atoms with Gasteiger partial charge in [-0.25, -0.2) is 0 Å². The molecule has 0 aliphatic carbocycles. The van der Waals surface area contributed by atoms with Gasteiger partial charge in [0.1, 0.15) is 12.4 Å². The van der Waals surface area contributed by atoms with E-state index in [9.17, 15) is 0 Å². The summed E-state index contributed by atoms with van der Waals surface area (Å²) in [7, 11) is 1.77. The summed E-state index contributed by atoms with van der Waals surface area (Å²) in [6.07, 6.45) is 3.77. The van der Waals surface area contributed by atoms with Crippen molar-refractivity contribution in [1.29, 1.82) is 0 Å². The molecular formula is C22H28IN5O. The fourth-order valence-electron chi connectivity index (χ4n) is 2.90. The van der Waals surface area contributed by atoms with Crippen molar-refractivity contribution in [1.82, 2.24) is 20.4 Å². The van der Waals surface area contributed by atoms with Crippen molar-refractivity contribution >= 4 is 29.9 Å². The highest BCUT2D eigenvalue weighted by molar-refractivity contribution is 14.0. The van der Waals surface area contributed by atoms with Crippen molar-refractivity contribution in [3.05, 3.63) is 83.7 Å². The third-order valence-electron chi connectivity index (χ3n) is 4.43. The molecule has 3 aromatic rings. The second-order valence-corrected chi connectivity index (χ2v) is 6.44. The Hall–Kier alpha value is -2.55. The van der Waals surface area contributed by atoms with Crippen molar-refractivity contribution in [2.45, 2.75) is 20.0 Å². The van der Waals surface area contributed by atoms with Crippen LogP contribution in [-0.2, 0) is 13.1 Å². The predicted octanol–water partition coefficient (Wildman–Crippen LogP) is 3.60. The second kappa shape index (κ2) is 12.1. The molecule has 29 heavy (non-hydrogen) atoms. The highest BCUT2D eigenvalue weighted by atomic mass is 127. The van der Waals surface area contributed by atoms with Crippen molar-refractivity contribution in [2.75, 3.05) is 20.2 Å². The number of aromatic nitrogens is 2. The number of hydrogen-bond acceptors (Lipinski definition) is 3. The van der Waals surface area contributed by atoms with Gasteiger partial charge >= 0.3 is 0 Å². The molecule has 0 bridgehead atoms. The van der Waals surface area contributed by atoms with Crippen LogP contribution in [0.15, 0.2) is 72.0 Å². The summed E-state index contributed by atoms with van der Waals surface area (Å²) in [6, 6.07) is 18.3. The van der Waals surface area contributed by atoms with Crippen LogP contribution in [-0.4, -0.2) is 35.9 Å². The van der Waals surface area contributed by atoms with Crippen LogP contribution in [0.25, 0.3) is 0 Å². The largest absolute Gasteiger partial charge is 0.491 e. The number of nitrogens with one attached hydrogen (secondary N) is 2. The number of rotatable bonds is 8. The number of para-hydroxylation sites is 1. The quantitative estimate of drug-likeness (QED) is 0.213. The van der Waals surface area contributed by atoms with Crippen LogP contribution >= 0.6 is 24.0 Å². The topological polar surface area (TPSA) is 63.5 Å². The molecule has 2 aromatic carbocycles. The zero-order valence-electron chi connectivity index (χ0n) is 16.8. The summed E-state index contributed by atoms with van der Waals surface area (Å²) in [6.45, 7) is 4.73. The first-order valence-electron chi connectivity index (χ1n) is 9.43. The molecule has 0 unspecified atom stereocenters. The lowest BCUT2D eigenvalue weighted by molar-refractivity contribution is 0.320. The van der Waals surface area contributed by atoms with Gasteiger partial charge < -0.3 is 15.4 Å². The van der Waals surface area contributed by atoms with Gasteiger partial charge in [-0.1, -0.05) is 42.5 Å². The summed E-state index contributed by atoms with van der Waals surface area (Å²) in [5.41, 5.74) is 3.59.